The van der Waals surface area contributed by atoms with E-state index >= 15 is 0 Å². The van der Waals surface area contributed by atoms with Crippen LogP contribution in [0, 0.1) is 6.92 Å². The summed E-state index contributed by atoms with van der Waals surface area (Å²) in [4.78, 5) is 26.5. The fourth-order valence-electron chi connectivity index (χ4n) is 2.32. The second-order valence-corrected chi connectivity index (χ2v) is 7.06. The van der Waals surface area contributed by atoms with Crippen molar-refractivity contribution in [3.05, 3.63) is 74.6 Å². The quantitative estimate of drug-likeness (QED) is 0.695. The number of halogens is 1. The Balaban J connectivity index is 1.86. The number of hydrogen-bond acceptors (Lipinski definition) is 3. The van der Waals surface area contributed by atoms with Gasteiger partial charge >= 0.3 is 0 Å². The first-order valence-corrected chi connectivity index (χ1v) is 8.71. The Kier molecular flexibility index (Phi) is 4.68. The van der Waals surface area contributed by atoms with E-state index < -0.39 is 0 Å². The fourth-order valence-corrected chi connectivity index (χ4v) is 3.56. The molecule has 0 spiro atoms. The molecule has 0 aliphatic carbocycles. The van der Waals surface area contributed by atoms with Crippen LogP contribution in [0.4, 0.5) is 4.79 Å². The van der Waals surface area contributed by atoms with Crippen molar-refractivity contribution in [3.63, 3.8) is 0 Å². The van der Waals surface area contributed by atoms with E-state index in [0.29, 0.717) is 4.91 Å². The van der Waals surface area contributed by atoms with Crippen LogP contribution >= 0.6 is 27.7 Å². The summed E-state index contributed by atoms with van der Waals surface area (Å²) in [5.41, 5.74) is 2.94. The van der Waals surface area contributed by atoms with Crippen molar-refractivity contribution in [2.45, 2.75) is 13.5 Å². The van der Waals surface area contributed by atoms with Crippen molar-refractivity contribution in [3.8, 4) is 0 Å². The van der Waals surface area contributed by atoms with Gasteiger partial charge in [-0.05, 0) is 47.5 Å². The number of benzene rings is 2. The highest BCUT2D eigenvalue weighted by atomic mass is 79.9. The minimum atomic E-state index is -0.237. The molecule has 23 heavy (non-hydrogen) atoms. The molecule has 3 rings (SSSR count). The summed E-state index contributed by atoms with van der Waals surface area (Å²) in [6.45, 7) is 2.26. The smallest absolute Gasteiger partial charge is 0.268 e. The summed E-state index contributed by atoms with van der Waals surface area (Å²) >= 11 is 4.44. The molecule has 0 aromatic heterocycles. The number of rotatable bonds is 3. The normalized spacial score (nSPS) is 16.4. The molecule has 0 bridgehead atoms. The van der Waals surface area contributed by atoms with Crippen LogP contribution in [-0.4, -0.2) is 16.0 Å². The Bertz CT molecular complexity index is 816. The monoisotopic (exact) mass is 387 g/mol. The molecule has 1 saturated heterocycles. The van der Waals surface area contributed by atoms with Gasteiger partial charge in [-0.1, -0.05) is 58.4 Å². The molecule has 0 atom stereocenters. The molecular weight excluding hydrogens is 374 g/mol. The summed E-state index contributed by atoms with van der Waals surface area (Å²) in [6.07, 6.45) is 1.79. The van der Waals surface area contributed by atoms with Crippen molar-refractivity contribution in [2.75, 3.05) is 0 Å². The van der Waals surface area contributed by atoms with Gasteiger partial charge in [-0.25, -0.2) is 0 Å². The molecular formula is C18H14BrNO2S. The topological polar surface area (TPSA) is 37.4 Å². The van der Waals surface area contributed by atoms with E-state index in [1.165, 1.54) is 4.90 Å². The van der Waals surface area contributed by atoms with Crippen LogP contribution in [0.2, 0.25) is 0 Å². The molecule has 2 aromatic carbocycles. The molecule has 1 aliphatic rings. The molecule has 2 aromatic rings. The molecule has 1 aliphatic heterocycles. The van der Waals surface area contributed by atoms with Gasteiger partial charge in [0.25, 0.3) is 11.1 Å². The van der Waals surface area contributed by atoms with Crippen molar-refractivity contribution in [1.29, 1.82) is 0 Å². The number of hydrogen-bond donors (Lipinski definition) is 0. The summed E-state index contributed by atoms with van der Waals surface area (Å²) in [5.74, 6) is -0.237. The van der Waals surface area contributed by atoms with Crippen LogP contribution < -0.4 is 0 Å². The summed E-state index contributed by atoms with van der Waals surface area (Å²) < 4.78 is 0.891. The van der Waals surface area contributed by atoms with E-state index in [9.17, 15) is 9.59 Å². The third kappa shape index (κ3) is 3.41. The van der Waals surface area contributed by atoms with Gasteiger partial charge in [-0.15, -0.1) is 0 Å². The number of nitrogens with zero attached hydrogens (tertiary/aromatic N) is 1. The largest absolute Gasteiger partial charge is 0.293 e. The zero-order chi connectivity index (χ0) is 16.4. The van der Waals surface area contributed by atoms with Gasteiger partial charge in [0.15, 0.2) is 0 Å². The zero-order valence-electron chi connectivity index (χ0n) is 12.5. The molecule has 0 saturated carbocycles. The molecule has 2 amide bonds. The second-order valence-electron chi connectivity index (χ2n) is 5.22. The van der Waals surface area contributed by atoms with Crippen molar-refractivity contribution in [2.24, 2.45) is 0 Å². The van der Waals surface area contributed by atoms with E-state index in [1.54, 1.807) is 6.08 Å². The Morgan fingerprint density at radius 1 is 1.09 bits per heavy atom. The lowest BCUT2D eigenvalue weighted by atomic mass is 10.1. The molecule has 1 heterocycles. The van der Waals surface area contributed by atoms with Gasteiger partial charge in [0.2, 0.25) is 0 Å². The average Bonchev–Trinajstić information content (AvgIpc) is 2.79. The lowest BCUT2D eigenvalue weighted by Gasteiger charge is -2.13. The molecule has 0 radical (unpaired) electrons. The van der Waals surface area contributed by atoms with Crippen LogP contribution in [0.5, 0.6) is 0 Å². The van der Waals surface area contributed by atoms with E-state index in [4.69, 9.17) is 0 Å². The minimum Gasteiger partial charge on any atom is -0.268 e. The van der Waals surface area contributed by atoms with Gasteiger partial charge in [-0.3, -0.25) is 14.5 Å². The van der Waals surface area contributed by atoms with Crippen LogP contribution in [0.1, 0.15) is 16.7 Å². The summed E-state index contributed by atoms with van der Waals surface area (Å²) in [5, 5.41) is -0.231. The first-order valence-electron chi connectivity index (χ1n) is 7.10. The third-order valence-electron chi connectivity index (χ3n) is 3.63. The van der Waals surface area contributed by atoms with Gasteiger partial charge in [-0.2, -0.15) is 0 Å². The molecule has 0 N–H and O–H groups in total. The lowest BCUT2D eigenvalue weighted by molar-refractivity contribution is -0.123. The second kappa shape index (κ2) is 6.72. The van der Waals surface area contributed by atoms with E-state index in [-0.39, 0.29) is 17.7 Å². The third-order valence-corrected chi connectivity index (χ3v) is 5.32. The maximum absolute atomic E-state index is 12.5. The Hall–Kier alpha value is -1.85. The molecule has 5 heteroatoms. The van der Waals surface area contributed by atoms with Crippen LogP contribution in [0.15, 0.2) is 57.9 Å². The number of carbonyl (C=O) groups is 2. The zero-order valence-corrected chi connectivity index (χ0v) is 14.9. The van der Waals surface area contributed by atoms with Gasteiger partial charge in [0.1, 0.15) is 0 Å². The van der Waals surface area contributed by atoms with Gasteiger partial charge < -0.3 is 0 Å². The predicted octanol–water partition coefficient (Wildman–Crippen LogP) is 4.99. The fraction of sp³-hybridized carbons (Fsp3) is 0.111. The molecule has 1 fully saturated rings. The Morgan fingerprint density at radius 2 is 1.78 bits per heavy atom. The maximum atomic E-state index is 12.5. The number of carbonyl (C=O) groups excluding carboxylic acids is 2. The van der Waals surface area contributed by atoms with Gasteiger partial charge in [0.05, 0.1) is 11.4 Å². The van der Waals surface area contributed by atoms with Gasteiger partial charge in [0, 0.05) is 4.47 Å². The predicted molar refractivity (Wildman–Crippen MR) is 96.8 cm³/mol. The number of amides is 2. The summed E-state index contributed by atoms with van der Waals surface area (Å²) in [7, 11) is 0. The van der Waals surface area contributed by atoms with Crippen LogP contribution in [-0.2, 0) is 11.3 Å². The van der Waals surface area contributed by atoms with Crippen molar-refractivity contribution >= 4 is 44.9 Å². The first-order chi connectivity index (χ1) is 11.1. The van der Waals surface area contributed by atoms with Crippen LogP contribution in [0.25, 0.3) is 6.08 Å². The highest BCUT2D eigenvalue weighted by Crippen LogP contribution is 2.34. The minimum absolute atomic E-state index is 0.231. The standard InChI is InChI=1S/C18H14BrNO2S/c1-12-6-2-3-7-13(12)10-16-17(21)20(18(22)23-16)11-14-8-4-5-9-15(14)19/h2-10H,11H2,1H3/b16-10-. The van der Waals surface area contributed by atoms with Crippen molar-refractivity contribution in [1.82, 2.24) is 4.90 Å². The lowest BCUT2D eigenvalue weighted by Crippen LogP contribution is -2.27. The summed E-state index contributed by atoms with van der Waals surface area (Å²) in [6, 6.07) is 15.4. The Morgan fingerprint density at radius 3 is 2.52 bits per heavy atom. The van der Waals surface area contributed by atoms with Crippen molar-refractivity contribution < 1.29 is 9.59 Å². The van der Waals surface area contributed by atoms with E-state index in [0.717, 1.165) is 32.9 Å². The van der Waals surface area contributed by atoms with E-state index in [2.05, 4.69) is 15.9 Å². The number of thioether (sulfide) groups is 1. The molecule has 116 valence electrons. The van der Waals surface area contributed by atoms with Crippen LogP contribution in [0.3, 0.4) is 0 Å². The number of imide groups is 1. The molecule has 3 nitrogen and oxygen atoms in total. The SMILES string of the molecule is Cc1ccccc1/C=C1\SC(=O)N(Cc2ccccc2Br)C1=O. The average molecular weight is 388 g/mol. The Labute approximate surface area is 147 Å². The number of aryl methyl sites for hydroxylation is 1. The maximum Gasteiger partial charge on any atom is 0.293 e. The highest BCUT2D eigenvalue weighted by molar-refractivity contribution is 9.10. The highest BCUT2D eigenvalue weighted by Gasteiger charge is 2.35. The first kappa shape index (κ1) is 16.0. The molecule has 0 unspecified atom stereocenters. The van der Waals surface area contributed by atoms with E-state index in [1.807, 2.05) is 55.5 Å².